The van der Waals surface area contributed by atoms with E-state index in [4.69, 9.17) is 10.4 Å². The lowest BCUT2D eigenvalue weighted by Crippen LogP contribution is -2.42. The molecule has 0 heterocycles. The summed E-state index contributed by atoms with van der Waals surface area (Å²) in [4.78, 5) is 24.3. The van der Waals surface area contributed by atoms with Gasteiger partial charge in [0, 0.05) is 12.6 Å². The third-order valence-corrected chi connectivity index (χ3v) is 2.89. The molecule has 0 radical (unpaired) electrons. The van der Waals surface area contributed by atoms with Crippen LogP contribution in [0.15, 0.2) is 24.3 Å². The highest BCUT2D eigenvalue weighted by Crippen LogP contribution is 2.15. The number of carboxylic acids is 1. The summed E-state index contributed by atoms with van der Waals surface area (Å²) in [6.45, 7) is 3.83. The number of urea groups is 1. The Kier molecular flexibility index (Phi) is 5.54. The summed E-state index contributed by atoms with van der Waals surface area (Å²) in [5.41, 5.74) is 0.781. The Hall–Kier alpha value is -2.55. The Labute approximate surface area is 117 Å². The monoisotopic (exact) mass is 275 g/mol. The van der Waals surface area contributed by atoms with E-state index in [1.165, 1.54) is 4.90 Å². The standard InChI is InChI=1S/C14H17N3O3/c1-3-17(10(2)8-13(18)19)14(20)16-12-7-5-4-6-11(12)9-15/h4-7,10H,3,8H2,1-2H3,(H,16,20)(H,18,19). The first-order valence-corrected chi connectivity index (χ1v) is 6.28. The Morgan fingerprint density at radius 3 is 2.65 bits per heavy atom. The van der Waals surface area contributed by atoms with Gasteiger partial charge >= 0.3 is 12.0 Å². The van der Waals surface area contributed by atoms with Crippen LogP contribution in [-0.4, -0.2) is 34.6 Å². The zero-order valence-electron chi connectivity index (χ0n) is 11.5. The van der Waals surface area contributed by atoms with Gasteiger partial charge in [0.2, 0.25) is 0 Å². The predicted octanol–water partition coefficient (Wildman–Crippen LogP) is 2.28. The van der Waals surface area contributed by atoms with Crippen LogP contribution in [0.5, 0.6) is 0 Å². The minimum absolute atomic E-state index is 0.124. The average Bonchev–Trinajstić information content (AvgIpc) is 2.39. The largest absolute Gasteiger partial charge is 0.481 e. The lowest BCUT2D eigenvalue weighted by atomic mass is 10.2. The maximum atomic E-state index is 12.1. The fourth-order valence-electron chi connectivity index (χ4n) is 1.89. The maximum absolute atomic E-state index is 12.1. The Morgan fingerprint density at radius 2 is 2.10 bits per heavy atom. The number of carbonyl (C=O) groups excluding carboxylic acids is 1. The number of anilines is 1. The van der Waals surface area contributed by atoms with E-state index in [0.29, 0.717) is 17.8 Å². The molecule has 1 atom stereocenters. The van der Waals surface area contributed by atoms with Crippen molar-refractivity contribution in [3.05, 3.63) is 29.8 Å². The fraction of sp³-hybridized carbons (Fsp3) is 0.357. The fourth-order valence-corrected chi connectivity index (χ4v) is 1.89. The van der Waals surface area contributed by atoms with Gasteiger partial charge in [0.25, 0.3) is 0 Å². The lowest BCUT2D eigenvalue weighted by Gasteiger charge is -2.27. The van der Waals surface area contributed by atoms with Crippen LogP contribution in [0.2, 0.25) is 0 Å². The summed E-state index contributed by atoms with van der Waals surface area (Å²) in [5, 5.41) is 20.4. The molecular formula is C14H17N3O3. The molecule has 0 aromatic heterocycles. The first-order valence-electron chi connectivity index (χ1n) is 6.28. The summed E-state index contributed by atoms with van der Waals surface area (Å²) >= 11 is 0. The minimum atomic E-state index is -0.957. The van der Waals surface area contributed by atoms with Gasteiger partial charge in [0.15, 0.2) is 0 Å². The molecule has 6 nitrogen and oxygen atoms in total. The number of carboxylic acid groups (broad SMARTS) is 1. The topological polar surface area (TPSA) is 93.4 Å². The van der Waals surface area contributed by atoms with Crippen molar-refractivity contribution in [3.63, 3.8) is 0 Å². The van der Waals surface area contributed by atoms with Gasteiger partial charge in [-0.15, -0.1) is 0 Å². The number of carbonyl (C=O) groups is 2. The normalized spacial score (nSPS) is 11.2. The Morgan fingerprint density at radius 1 is 1.45 bits per heavy atom. The van der Waals surface area contributed by atoms with Crippen molar-refractivity contribution in [2.75, 3.05) is 11.9 Å². The minimum Gasteiger partial charge on any atom is -0.481 e. The van der Waals surface area contributed by atoms with E-state index >= 15 is 0 Å². The molecule has 0 spiro atoms. The first-order chi connectivity index (χ1) is 9.49. The SMILES string of the molecule is CCN(C(=O)Nc1ccccc1C#N)C(C)CC(=O)O. The van der Waals surface area contributed by atoms with Crippen molar-refractivity contribution in [2.45, 2.75) is 26.3 Å². The molecule has 0 bridgehead atoms. The molecule has 1 rings (SSSR count). The van der Waals surface area contributed by atoms with Crippen LogP contribution in [0.3, 0.4) is 0 Å². The maximum Gasteiger partial charge on any atom is 0.322 e. The van der Waals surface area contributed by atoms with Gasteiger partial charge in [0.05, 0.1) is 17.7 Å². The molecule has 0 aliphatic carbocycles. The highest BCUT2D eigenvalue weighted by Gasteiger charge is 2.21. The summed E-state index contributed by atoms with van der Waals surface area (Å²) in [7, 11) is 0. The van der Waals surface area contributed by atoms with Crippen LogP contribution in [0.25, 0.3) is 0 Å². The molecule has 0 aliphatic heterocycles. The van der Waals surface area contributed by atoms with Crippen molar-refractivity contribution in [1.82, 2.24) is 4.90 Å². The third kappa shape index (κ3) is 3.99. The molecule has 1 aromatic carbocycles. The number of hydrogen-bond acceptors (Lipinski definition) is 3. The van der Waals surface area contributed by atoms with Gasteiger partial charge < -0.3 is 15.3 Å². The van der Waals surface area contributed by atoms with Crippen molar-refractivity contribution in [1.29, 1.82) is 5.26 Å². The summed E-state index contributed by atoms with van der Waals surface area (Å²) in [6.07, 6.45) is -0.124. The summed E-state index contributed by atoms with van der Waals surface area (Å²) in [6, 6.07) is 7.81. The van der Waals surface area contributed by atoms with E-state index in [-0.39, 0.29) is 6.42 Å². The van der Waals surface area contributed by atoms with Gasteiger partial charge in [-0.05, 0) is 26.0 Å². The smallest absolute Gasteiger partial charge is 0.322 e. The predicted molar refractivity (Wildman–Crippen MR) is 74.3 cm³/mol. The summed E-state index contributed by atoms with van der Waals surface area (Å²) < 4.78 is 0. The van der Waals surface area contributed by atoms with Crippen LogP contribution in [-0.2, 0) is 4.79 Å². The number of rotatable bonds is 5. The van der Waals surface area contributed by atoms with Crippen LogP contribution < -0.4 is 5.32 Å². The molecule has 0 fully saturated rings. The van der Waals surface area contributed by atoms with Crippen LogP contribution in [0.4, 0.5) is 10.5 Å². The quantitative estimate of drug-likeness (QED) is 0.862. The number of benzene rings is 1. The molecule has 106 valence electrons. The molecule has 1 aromatic rings. The van der Waals surface area contributed by atoms with Gasteiger partial charge in [-0.25, -0.2) is 4.79 Å². The molecule has 6 heteroatoms. The van der Waals surface area contributed by atoms with E-state index in [9.17, 15) is 9.59 Å². The summed E-state index contributed by atoms with van der Waals surface area (Å²) in [5.74, 6) is -0.957. The second-order valence-corrected chi connectivity index (χ2v) is 4.32. The van der Waals surface area contributed by atoms with Gasteiger partial charge in [-0.3, -0.25) is 4.79 Å². The van der Waals surface area contributed by atoms with E-state index in [1.807, 2.05) is 6.07 Å². The highest BCUT2D eigenvalue weighted by molar-refractivity contribution is 5.91. The van der Waals surface area contributed by atoms with Crippen molar-refractivity contribution in [2.24, 2.45) is 0 Å². The van der Waals surface area contributed by atoms with E-state index in [1.54, 1.807) is 38.1 Å². The molecule has 20 heavy (non-hydrogen) atoms. The highest BCUT2D eigenvalue weighted by atomic mass is 16.4. The second kappa shape index (κ2) is 7.14. The number of nitrogens with zero attached hydrogens (tertiary/aromatic N) is 2. The Bertz CT molecular complexity index is 537. The van der Waals surface area contributed by atoms with Crippen LogP contribution >= 0.6 is 0 Å². The van der Waals surface area contributed by atoms with Crippen molar-refractivity contribution >= 4 is 17.7 Å². The van der Waals surface area contributed by atoms with Gasteiger partial charge in [0.1, 0.15) is 6.07 Å². The molecule has 0 saturated carbocycles. The average molecular weight is 275 g/mol. The molecule has 2 amide bonds. The van der Waals surface area contributed by atoms with Crippen molar-refractivity contribution in [3.8, 4) is 6.07 Å². The van der Waals surface area contributed by atoms with Crippen molar-refractivity contribution < 1.29 is 14.7 Å². The van der Waals surface area contributed by atoms with E-state index in [0.717, 1.165) is 0 Å². The molecular weight excluding hydrogens is 258 g/mol. The van der Waals surface area contributed by atoms with Crippen LogP contribution in [0, 0.1) is 11.3 Å². The Balaban J connectivity index is 2.83. The molecule has 0 saturated heterocycles. The third-order valence-electron chi connectivity index (χ3n) is 2.89. The lowest BCUT2D eigenvalue weighted by molar-refractivity contribution is -0.137. The zero-order chi connectivity index (χ0) is 15.1. The zero-order valence-corrected chi connectivity index (χ0v) is 11.5. The number of nitriles is 1. The van der Waals surface area contributed by atoms with Crippen LogP contribution in [0.1, 0.15) is 25.8 Å². The number of aliphatic carboxylic acids is 1. The number of para-hydroxylation sites is 1. The van der Waals surface area contributed by atoms with Gasteiger partial charge in [-0.1, -0.05) is 12.1 Å². The number of amides is 2. The molecule has 2 N–H and O–H groups in total. The first kappa shape index (κ1) is 15.5. The molecule has 1 unspecified atom stereocenters. The molecule has 0 aliphatic rings. The van der Waals surface area contributed by atoms with Gasteiger partial charge in [-0.2, -0.15) is 5.26 Å². The second-order valence-electron chi connectivity index (χ2n) is 4.32. The van der Waals surface area contributed by atoms with E-state index in [2.05, 4.69) is 5.32 Å². The number of hydrogen-bond donors (Lipinski definition) is 2. The number of nitrogens with one attached hydrogen (secondary N) is 1. The van der Waals surface area contributed by atoms with E-state index < -0.39 is 18.0 Å².